The van der Waals surface area contributed by atoms with Crippen molar-refractivity contribution in [2.75, 3.05) is 18.0 Å². The summed E-state index contributed by atoms with van der Waals surface area (Å²) in [6.07, 6.45) is 10.9. The molecule has 154 valence electrons. The van der Waals surface area contributed by atoms with Gasteiger partial charge < -0.3 is 19.3 Å². The van der Waals surface area contributed by atoms with E-state index in [1.165, 1.54) is 0 Å². The van der Waals surface area contributed by atoms with Crippen LogP contribution in [0.4, 0.5) is 9.93 Å². The van der Waals surface area contributed by atoms with E-state index >= 15 is 0 Å². The lowest BCUT2D eigenvalue weighted by Crippen LogP contribution is -2.50. The largest absolute Gasteiger partial charge is 0.490 e. The molecule has 3 saturated heterocycles. The standard InChI is InChI=1S/C21H26N4O3S/c26-21(28-18-5-10-24(11-6-18)20-23-9-12-29-20)25-15-1-2-16(25)14-19(13-15)27-17-3-7-22-8-4-17/h3-4,7-9,12,15-16,18-19H,1-2,5-6,10-11,13-14H2. The number of carbonyl (C=O) groups is 1. The van der Waals surface area contributed by atoms with Gasteiger partial charge in [-0.1, -0.05) is 0 Å². The summed E-state index contributed by atoms with van der Waals surface area (Å²) in [5.41, 5.74) is 0. The SMILES string of the molecule is O=C(OC1CCN(c2nccs2)CC1)N1C2CCC1CC(Oc1ccncc1)C2. The number of piperidine rings is 2. The maximum Gasteiger partial charge on any atom is 0.410 e. The molecule has 2 aromatic heterocycles. The molecule has 7 nitrogen and oxygen atoms in total. The van der Waals surface area contributed by atoms with Gasteiger partial charge in [-0.3, -0.25) is 4.98 Å². The molecule has 0 N–H and O–H groups in total. The Morgan fingerprint density at radius 3 is 2.38 bits per heavy atom. The number of aromatic nitrogens is 2. The zero-order valence-corrected chi connectivity index (χ0v) is 17.2. The molecule has 0 aromatic carbocycles. The van der Waals surface area contributed by atoms with Gasteiger partial charge in [0.2, 0.25) is 0 Å². The maximum atomic E-state index is 12.9. The van der Waals surface area contributed by atoms with Crippen LogP contribution in [0.1, 0.15) is 38.5 Å². The predicted molar refractivity (Wildman–Crippen MR) is 110 cm³/mol. The third-order valence-electron chi connectivity index (χ3n) is 6.25. The molecule has 0 saturated carbocycles. The lowest BCUT2D eigenvalue weighted by Gasteiger charge is -2.39. The van der Waals surface area contributed by atoms with Gasteiger partial charge in [0.05, 0.1) is 0 Å². The number of anilines is 1. The van der Waals surface area contributed by atoms with Gasteiger partial charge in [-0.15, -0.1) is 11.3 Å². The Morgan fingerprint density at radius 2 is 1.72 bits per heavy atom. The van der Waals surface area contributed by atoms with Gasteiger partial charge in [0, 0.05) is 74.8 Å². The molecule has 0 radical (unpaired) electrons. The van der Waals surface area contributed by atoms with Crippen LogP contribution >= 0.6 is 11.3 Å². The first kappa shape index (κ1) is 18.7. The average molecular weight is 415 g/mol. The van der Waals surface area contributed by atoms with Crippen LogP contribution < -0.4 is 9.64 Å². The Kier molecular flexibility index (Phi) is 5.26. The van der Waals surface area contributed by atoms with Crippen molar-refractivity contribution < 1.29 is 14.3 Å². The molecule has 3 aliphatic rings. The number of carbonyl (C=O) groups excluding carboxylic acids is 1. The number of thiazole rings is 1. The summed E-state index contributed by atoms with van der Waals surface area (Å²) < 4.78 is 12.1. The van der Waals surface area contributed by atoms with Crippen molar-refractivity contribution in [3.63, 3.8) is 0 Å². The molecule has 3 aliphatic heterocycles. The lowest BCUT2D eigenvalue weighted by atomic mass is 10.00. The molecule has 29 heavy (non-hydrogen) atoms. The number of hydrogen-bond acceptors (Lipinski definition) is 7. The number of pyridine rings is 1. The van der Waals surface area contributed by atoms with Crippen molar-refractivity contribution >= 4 is 22.6 Å². The fourth-order valence-electron chi connectivity index (χ4n) is 4.87. The minimum Gasteiger partial charge on any atom is -0.490 e. The highest BCUT2D eigenvalue weighted by Crippen LogP contribution is 2.38. The summed E-state index contributed by atoms with van der Waals surface area (Å²) in [5, 5.41) is 3.06. The van der Waals surface area contributed by atoms with E-state index in [1.807, 2.05) is 28.6 Å². The van der Waals surface area contributed by atoms with Gasteiger partial charge in [-0.05, 0) is 25.0 Å². The van der Waals surface area contributed by atoms with E-state index in [-0.39, 0.29) is 30.4 Å². The summed E-state index contributed by atoms with van der Waals surface area (Å²) in [6.45, 7) is 1.78. The molecule has 1 amide bonds. The number of rotatable bonds is 4. The topological polar surface area (TPSA) is 67.8 Å². The minimum absolute atomic E-state index is 0.00362. The molecule has 2 atom stereocenters. The van der Waals surface area contributed by atoms with E-state index in [1.54, 1.807) is 23.7 Å². The second kappa shape index (κ2) is 8.18. The molecule has 5 rings (SSSR count). The molecule has 0 aliphatic carbocycles. The number of hydrogen-bond donors (Lipinski definition) is 0. The Hall–Kier alpha value is -2.35. The molecule has 0 spiro atoms. The first-order valence-corrected chi connectivity index (χ1v) is 11.3. The van der Waals surface area contributed by atoms with Crippen molar-refractivity contribution in [1.82, 2.24) is 14.9 Å². The molecular weight excluding hydrogens is 388 g/mol. The van der Waals surface area contributed by atoms with Crippen LogP contribution in [-0.4, -0.2) is 58.3 Å². The number of amides is 1. The van der Waals surface area contributed by atoms with Gasteiger partial charge in [-0.25, -0.2) is 9.78 Å². The number of nitrogens with zero attached hydrogens (tertiary/aromatic N) is 4. The second-order valence-electron chi connectivity index (χ2n) is 8.07. The van der Waals surface area contributed by atoms with Crippen LogP contribution in [0.2, 0.25) is 0 Å². The highest BCUT2D eigenvalue weighted by molar-refractivity contribution is 7.13. The van der Waals surface area contributed by atoms with Crippen LogP contribution in [-0.2, 0) is 4.74 Å². The van der Waals surface area contributed by atoms with Crippen LogP contribution in [0.15, 0.2) is 36.1 Å². The monoisotopic (exact) mass is 414 g/mol. The highest BCUT2D eigenvalue weighted by Gasteiger charge is 2.45. The number of fused-ring (bicyclic) bond motifs is 2. The van der Waals surface area contributed by atoms with Crippen molar-refractivity contribution in [3.8, 4) is 5.75 Å². The van der Waals surface area contributed by atoms with Crippen LogP contribution in [0.3, 0.4) is 0 Å². The molecule has 8 heteroatoms. The molecular formula is C21H26N4O3S. The average Bonchev–Trinajstić information content (AvgIpc) is 3.36. The highest BCUT2D eigenvalue weighted by atomic mass is 32.1. The van der Waals surface area contributed by atoms with Crippen LogP contribution in [0.5, 0.6) is 5.75 Å². The van der Waals surface area contributed by atoms with E-state index in [4.69, 9.17) is 9.47 Å². The molecule has 3 fully saturated rings. The molecule has 5 heterocycles. The van der Waals surface area contributed by atoms with Gasteiger partial charge in [-0.2, -0.15) is 0 Å². The summed E-state index contributed by atoms with van der Waals surface area (Å²) in [7, 11) is 0. The predicted octanol–water partition coefficient (Wildman–Crippen LogP) is 3.72. The maximum absolute atomic E-state index is 12.9. The Labute approximate surface area is 174 Å². The minimum atomic E-state index is -0.132. The van der Waals surface area contributed by atoms with Crippen molar-refractivity contribution in [1.29, 1.82) is 0 Å². The molecule has 2 unspecified atom stereocenters. The van der Waals surface area contributed by atoms with E-state index < -0.39 is 0 Å². The van der Waals surface area contributed by atoms with Crippen molar-refractivity contribution in [2.45, 2.75) is 62.8 Å². The third-order valence-corrected chi connectivity index (χ3v) is 7.08. The van der Waals surface area contributed by atoms with Gasteiger partial charge >= 0.3 is 6.09 Å². The van der Waals surface area contributed by atoms with E-state index in [0.29, 0.717) is 0 Å². The fraction of sp³-hybridized carbons (Fsp3) is 0.571. The Balaban J connectivity index is 1.14. The van der Waals surface area contributed by atoms with E-state index in [9.17, 15) is 4.79 Å². The Morgan fingerprint density at radius 1 is 1.00 bits per heavy atom. The van der Waals surface area contributed by atoms with Gasteiger partial charge in [0.25, 0.3) is 0 Å². The van der Waals surface area contributed by atoms with E-state index in [2.05, 4.69) is 14.9 Å². The second-order valence-corrected chi connectivity index (χ2v) is 8.94. The van der Waals surface area contributed by atoms with Crippen molar-refractivity contribution in [2.24, 2.45) is 0 Å². The van der Waals surface area contributed by atoms with Crippen LogP contribution in [0, 0.1) is 0 Å². The summed E-state index contributed by atoms with van der Waals surface area (Å²) in [5.74, 6) is 0.854. The zero-order valence-electron chi connectivity index (χ0n) is 16.4. The van der Waals surface area contributed by atoms with Gasteiger partial charge in [0.1, 0.15) is 18.0 Å². The smallest absolute Gasteiger partial charge is 0.410 e. The molecule has 2 bridgehead atoms. The Bertz CT molecular complexity index is 797. The normalized spacial score (nSPS) is 27.1. The summed E-state index contributed by atoms with van der Waals surface area (Å²) in [4.78, 5) is 25.6. The number of ether oxygens (including phenoxy) is 2. The zero-order chi connectivity index (χ0) is 19.6. The first-order chi connectivity index (χ1) is 14.3. The summed E-state index contributed by atoms with van der Waals surface area (Å²) >= 11 is 1.66. The van der Waals surface area contributed by atoms with Gasteiger partial charge in [0.15, 0.2) is 5.13 Å². The third kappa shape index (κ3) is 4.03. The van der Waals surface area contributed by atoms with Crippen LogP contribution in [0.25, 0.3) is 0 Å². The fourth-order valence-corrected chi connectivity index (χ4v) is 5.57. The van der Waals surface area contributed by atoms with Crippen molar-refractivity contribution in [3.05, 3.63) is 36.1 Å². The first-order valence-electron chi connectivity index (χ1n) is 10.5. The molecule has 2 aromatic rings. The van der Waals surface area contributed by atoms with E-state index in [0.717, 1.165) is 62.5 Å². The quantitative estimate of drug-likeness (QED) is 0.760. The summed E-state index contributed by atoms with van der Waals surface area (Å²) in [6, 6.07) is 4.23. The lowest BCUT2D eigenvalue weighted by molar-refractivity contribution is 0.00987.